The summed E-state index contributed by atoms with van der Waals surface area (Å²) in [5.74, 6) is 0.851. The Hall–Kier alpha value is -3.48. The second-order valence-electron chi connectivity index (χ2n) is 6.74. The van der Waals surface area contributed by atoms with Crippen molar-refractivity contribution in [2.45, 2.75) is 20.3 Å². The van der Waals surface area contributed by atoms with Crippen LogP contribution in [0.2, 0.25) is 0 Å². The van der Waals surface area contributed by atoms with E-state index in [0.717, 1.165) is 5.56 Å². The number of amides is 1. The van der Waals surface area contributed by atoms with Crippen LogP contribution >= 0.6 is 0 Å². The normalized spacial score (nSPS) is 10.8. The van der Waals surface area contributed by atoms with Crippen LogP contribution in [0.5, 0.6) is 0 Å². The average Bonchev–Trinajstić information content (AvgIpc) is 3.15. The zero-order valence-electron chi connectivity index (χ0n) is 15.3. The van der Waals surface area contributed by atoms with Gasteiger partial charge in [0.05, 0.1) is 5.71 Å². The molecule has 5 N–H and O–H groups in total. The summed E-state index contributed by atoms with van der Waals surface area (Å²) in [4.78, 5) is 16.1. The fourth-order valence-corrected chi connectivity index (χ4v) is 2.76. The van der Waals surface area contributed by atoms with Gasteiger partial charge in [0.25, 0.3) is 0 Å². The van der Waals surface area contributed by atoms with E-state index in [1.807, 2.05) is 44.2 Å². The van der Waals surface area contributed by atoms with Crippen LogP contribution in [0.1, 0.15) is 31.4 Å². The summed E-state index contributed by atoms with van der Waals surface area (Å²) in [6.07, 6.45) is 1.88. The molecule has 1 heterocycles. The molecular formula is C20H22N6O. The molecule has 2 aromatic carbocycles. The molecule has 0 saturated carbocycles. The number of carbonyl (C=O) groups excluding carboxylic acids is 1. The van der Waals surface area contributed by atoms with Gasteiger partial charge in [-0.05, 0) is 36.2 Å². The minimum Gasteiger partial charge on any atom is -0.398 e. The molecule has 0 aliphatic heterocycles. The molecule has 0 unspecified atom stereocenters. The van der Waals surface area contributed by atoms with Crippen LogP contribution in [-0.4, -0.2) is 26.8 Å². The number of nitrogens with zero attached hydrogens (tertiary/aromatic N) is 2. The smallest absolute Gasteiger partial charge is 0.224 e. The monoisotopic (exact) mass is 362 g/mol. The highest BCUT2D eigenvalue weighted by Crippen LogP contribution is 2.24. The summed E-state index contributed by atoms with van der Waals surface area (Å²) in [5.41, 5.74) is 9.58. The third-order valence-corrected chi connectivity index (χ3v) is 4.04. The molecule has 1 aromatic heterocycles. The summed E-state index contributed by atoms with van der Waals surface area (Å²) in [6.45, 7) is 3.99. The van der Waals surface area contributed by atoms with E-state index >= 15 is 0 Å². The van der Waals surface area contributed by atoms with Crippen molar-refractivity contribution in [2.24, 2.45) is 5.92 Å². The number of carbonyl (C=O) groups is 1. The molecule has 0 aliphatic carbocycles. The van der Waals surface area contributed by atoms with Crippen molar-refractivity contribution in [3.63, 3.8) is 0 Å². The lowest BCUT2D eigenvalue weighted by molar-refractivity contribution is -0.116. The minimum absolute atomic E-state index is 0.0412. The highest BCUT2D eigenvalue weighted by Gasteiger charge is 2.13. The Morgan fingerprint density at radius 3 is 2.78 bits per heavy atom. The quantitative estimate of drug-likeness (QED) is 0.396. The Morgan fingerprint density at radius 2 is 2.07 bits per heavy atom. The number of anilines is 2. The fraction of sp³-hybridized carbons (Fsp3) is 0.200. The van der Waals surface area contributed by atoms with Gasteiger partial charge in [0.2, 0.25) is 5.91 Å². The first-order chi connectivity index (χ1) is 12.9. The minimum atomic E-state index is -0.0412. The molecule has 3 rings (SSSR count). The topological polar surface area (TPSA) is 121 Å². The van der Waals surface area contributed by atoms with E-state index < -0.39 is 0 Å². The number of hydrogen-bond acceptors (Lipinski definition) is 5. The molecule has 7 heteroatoms. The van der Waals surface area contributed by atoms with Crippen LogP contribution < -0.4 is 11.1 Å². The zero-order valence-corrected chi connectivity index (χ0v) is 15.3. The van der Waals surface area contributed by atoms with E-state index in [0.29, 0.717) is 34.7 Å². The highest BCUT2D eigenvalue weighted by atomic mass is 16.1. The third-order valence-electron chi connectivity index (χ3n) is 4.04. The molecule has 0 atom stereocenters. The molecule has 0 fully saturated rings. The van der Waals surface area contributed by atoms with Crippen molar-refractivity contribution < 1.29 is 4.79 Å². The van der Waals surface area contributed by atoms with Gasteiger partial charge >= 0.3 is 0 Å². The Morgan fingerprint density at radius 1 is 1.26 bits per heavy atom. The molecular weight excluding hydrogens is 340 g/mol. The number of nitrogens with one attached hydrogen (secondary N) is 3. The number of rotatable bonds is 6. The van der Waals surface area contributed by atoms with Crippen LogP contribution in [0.15, 0.2) is 48.8 Å². The number of nitrogen functional groups attached to an aromatic ring is 1. The SMILES string of the molecule is CC(C)CC(=O)Nc1cccc(C(=N)c2cc(-c3ncn[nH]3)ccc2N)c1. The lowest BCUT2D eigenvalue weighted by atomic mass is 9.98. The molecule has 3 aromatic rings. The molecule has 0 radical (unpaired) electrons. The van der Waals surface area contributed by atoms with E-state index in [2.05, 4.69) is 20.5 Å². The molecule has 7 nitrogen and oxygen atoms in total. The first kappa shape index (κ1) is 18.3. The first-order valence-corrected chi connectivity index (χ1v) is 8.68. The van der Waals surface area contributed by atoms with E-state index in [1.165, 1.54) is 6.33 Å². The second kappa shape index (κ2) is 7.82. The second-order valence-corrected chi connectivity index (χ2v) is 6.74. The first-order valence-electron chi connectivity index (χ1n) is 8.68. The van der Waals surface area contributed by atoms with Crippen molar-refractivity contribution in [3.8, 4) is 11.4 Å². The number of nitrogens with two attached hydrogens (primary N) is 1. The maximum Gasteiger partial charge on any atom is 0.224 e. The third kappa shape index (κ3) is 4.38. The van der Waals surface area contributed by atoms with E-state index in [4.69, 9.17) is 11.1 Å². The lowest BCUT2D eigenvalue weighted by Crippen LogP contribution is -2.14. The molecule has 27 heavy (non-hydrogen) atoms. The van der Waals surface area contributed by atoms with Gasteiger partial charge in [0.1, 0.15) is 6.33 Å². The van der Waals surface area contributed by atoms with Gasteiger partial charge in [0.15, 0.2) is 5.82 Å². The van der Waals surface area contributed by atoms with Gasteiger partial charge in [-0.25, -0.2) is 4.98 Å². The standard InChI is InChI=1S/C20H22N6O/c1-12(2)8-18(27)25-15-5-3-4-13(9-15)19(22)16-10-14(6-7-17(16)21)20-23-11-24-26-20/h3-7,9-12,22H,8,21H2,1-2H3,(H,25,27)(H,23,24,26). The number of H-pyrrole nitrogens is 1. The Labute approximate surface area is 157 Å². The van der Waals surface area contributed by atoms with E-state index in [-0.39, 0.29) is 17.5 Å². The maximum atomic E-state index is 12.0. The maximum absolute atomic E-state index is 12.0. The van der Waals surface area contributed by atoms with Crippen LogP contribution in [0, 0.1) is 11.3 Å². The van der Waals surface area contributed by atoms with Crippen LogP contribution in [0.3, 0.4) is 0 Å². The van der Waals surface area contributed by atoms with Gasteiger partial charge < -0.3 is 11.1 Å². The number of hydrogen-bond donors (Lipinski definition) is 4. The average molecular weight is 362 g/mol. The summed E-state index contributed by atoms with van der Waals surface area (Å²) in [6, 6.07) is 12.6. The largest absolute Gasteiger partial charge is 0.398 e. The summed E-state index contributed by atoms with van der Waals surface area (Å²) in [7, 11) is 0. The Bertz CT molecular complexity index is 962. The molecule has 0 bridgehead atoms. The summed E-state index contributed by atoms with van der Waals surface area (Å²) >= 11 is 0. The van der Waals surface area contributed by atoms with Crippen LogP contribution in [0.25, 0.3) is 11.4 Å². The van der Waals surface area contributed by atoms with Crippen molar-refractivity contribution >= 4 is 23.0 Å². The van der Waals surface area contributed by atoms with Gasteiger partial charge in [-0.1, -0.05) is 26.0 Å². The zero-order chi connectivity index (χ0) is 19.4. The molecule has 138 valence electrons. The predicted octanol–water partition coefficient (Wildman–Crippen LogP) is 3.45. The lowest BCUT2D eigenvalue weighted by Gasteiger charge is -2.12. The van der Waals surface area contributed by atoms with Crippen molar-refractivity contribution in [3.05, 3.63) is 59.9 Å². The molecule has 1 amide bonds. The van der Waals surface area contributed by atoms with E-state index in [9.17, 15) is 4.79 Å². The molecule has 0 spiro atoms. The van der Waals surface area contributed by atoms with Gasteiger partial charge in [-0.2, -0.15) is 5.10 Å². The van der Waals surface area contributed by atoms with Crippen LogP contribution in [-0.2, 0) is 4.79 Å². The Kier molecular flexibility index (Phi) is 5.30. The molecule has 0 saturated heterocycles. The summed E-state index contributed by atoms with van der Waals surface area (Å²) in [5, 5.41) is 18.1. The number of aromatic amines is 1. The van der Waals surface area contributed by atoms with Crippen molar-refractivity contribution in [2.75, 3.05) is 11.1 Å². The Balaban J connectivity index is 1.87. The van der Waals surface area contributed by atoms with Crippen molar-refractivity contribution in [1.29, 1.82) is 5.41 Å². The van der Waals surface area contributed by atoms with Crippen LogP contribution in [0.4, 0.5) is 11.4 Å². The highest BCUT2D eigenvalue weighted by molar-refractivity contribution is 6.14. The predicted molar refractivity (Wildman–Crippen MR) is 107 cm³/mol. The summed E-state index contributed by atoms with van der Waals surface area (Å²) < 4.78 is 0. The van der Waals surface area contributed by atoms with Crippen molar-refractivity contribution in [1.82, 2.24) is 15.2 Å². The number of aromatic nitrogens is 3. The number of benzene rings is 2. The van der Waals surface area contributed by atoms with Gasteiger partial charge in [-0.15, -0.1) is 0 Å². The molecule has 0 aliphatic rings. The van der Waals surface area contributed by atoms with E-state index in [1.54, 1.807) is 12.1 Å². The fourth-order valence-electron chi connectivity index (χ4n) is 2.76. The van der Waals surface area contributed by atoms with Gasteiger partial charge in [-0.3, -0.25) is 15.3 Å². The van der Waals surface area contributed by atoms with Gasteiger partial charge in [0, 0.05) is 34.5 Å².